The lowest BCUT2D eigenvalue weighted by molar-refractivity contribution is -0.131. The molecule has 0 radical (unpaired) electrons. The number of hydrogen-bond acceptors (Lipinski definition) is 5. The Kier molecular flexibility index (Phi) is 9.31. The molecule has 4 rings (SSSR count). The van der Waals surface area contributed by atoms with Gasteiger partial charge in [0.2, 0.25) is 5.91 Å². The molecule has 2 fully saturated rings. The maximum atomic E-state index is 13.3. The zero-order valence-electron chi connectivity index (χ0n) is 20.4. The Labute approximate surface area is 207 Å². The van der Waals surface area contributed by atoms with Gasteiger partial charge in [0.15, 0.2) is 0 Å². The molecule has 2 aromatic rings. The zero-order valence-corrected chi connectivity index (χ0v) is 22.0. The van der Waals surface area contributed by atoms with Gasteiger partial charge in [0.25, 0.3) is 5.91 Å². The van der Waals surface area contributed by atoms with Gasteiger partial charge < -0.3 is 9.80 Å². The fourth-order valence-corrected chi connectivity index (χ4v) is 5.73. The third kappa shape index (κ3) is 7.40. The van der Waals surface area contributed by atoms with E-state index in [9.17, 15) is 18.0 Å². The second-order valence-corrected chi connectivity index (χ2v) is 12.5. The summed E-state index contributed by atoms with van der Waals surface area (Å²) in [4.78, 5) is 30.6. The Balaban J connectivity index is 0.000000588. The number of hydrogen-bond donors (Lipinski definition) is 0. The summed E-state index contributed by atoms with van der Waals surface area (Å²) in [6.45, 7) is 4.43. The van der Waals surface area contributed by atoms with Crippen LogP contribution in [0.3, 0.4) is 0 Å². The SMILES string of the molecule is CCC(=O)N1CCC(c2cc(C(=O)N3CCCCC3c3ccccc3)cs2)CC1.CS(C)(=O)=O. The summed E-state index contributed by atoms with van der Waals surface area (Å²) in [6, 6.07) is 12.7. The largest absolute Gasteiger partial charge is 0.343 e. The molecule has 1 unspecified atom stereocenters. The Bertz CT molecular complexity index is 1050. The van der Waals surface area contributed by atoms with Crippen molar-refractivity contribution in [2.24, 2.45) is 0 Å². The van der Waals surface area contributed by atoms with E-state index in [0.717, 1.165) is 63.4 Å². The summed E-state index contributed by atoms with van der Waals surface area (Å²) in [7, 11) is -2.67. The maximum Gasteiger partial charge on any atom is 0.255 e. The summed E-state index contributed by atoms with van der Waals surface area (Å²) in [5.41, 5.74) is 2.07. The molecule has 34 heavy (non-hydrogen) atoms. The number of piperidine rings is 2. The van der Waals surface area contributed by atoms with Gasteiger partial charge in [-0.05, 0) is 49.7 Å². The third-order valence-corrected chi connectivity index (χ3v) is 7.46. The molecule has 0 N–H and O–H groups in total. The van der Waals surface area contributed by atoms with Crippen molar-refractivity contribution in [2.45, 2.75) is 57.4 Å². The minimum absolute atomic E-state index is 0.166. The van der Waals surface area contributed by atoms with Crippen LogP contribution in [0.25, 0.3) is 0 Å². The molecule has 186 valence electrons. The monoisotopic (exact) mass is 504 g/mol. The number of nitrogens with zero attached hydrogens (tertiary/aromatic N) is 2. The van der Waals surface area contributed by atoms with Gasteiger partial charge in [-0.15, -0.1) is 11.3 Å². The maximum absolute atomic E-state index is 13.3. The van der Waals surface area contributed by atoms with Gasteiger partial charge in [-0.1, -0.05) is 37.3 Å². The standard InChI is InChI=1S/C24H30N2O2S.C2H6O2S/c1-2-23(27)25-14-11-19(12-15-25)22-16-20(17-29-22)24(28)26-13-7-6-10-21(26)18-8-4-3-5-9-18;1-5(2,3)4/h3-5,8-9,16-17,19,21H,2,6-7,10-15H2,1H3;1-2H3. The summed E-state index contributed by atoms with van der Waals surface area (Å²) in [5.74, 6) is 0.885. The van der Waals surface area contributed by atoms with Gasteiger partial charge in [-0.3, -0.25) is 9.59 Å². The highest BCUT2D eigenvalue weighted by atomic mass is 32.2. The number of amides is 2. The molecular formula is C26H36N2O4S2. The second-order valence-electron chi connectivity index (χ2n) is 9.31. The average Bonchev–Trinajstić information content (AvgIpc) is 3.33. The molecule has 0 aliphatic carbocycles. The van der Waals surface area contributed by atoms with E-state index in [1.165, 1.54) is 16.9 Å². The zero-order chi connectivity index (χ0) is 24.7. The molecule has 8 heteroatoms. The normalized spacial score (nSPS) is 19.3. The van der Waals surface area contributed by atoms with E-state index in [4.69, 9.17) is 0 Å². The molecule has 1 atom stereocenters. The van der Waals surface area contributed by atoms with Crippen LogP contribution in [0, 0.1) is 0 Å². The molecule has 1 aromatic heterocycles. The van der Waals surface area contributed by atoms with E-state index in [-0.39, 0.29) is 17.9 Å². The molecule has 2 amide bonds. The molecule has 3 heterocycles. The third-order valence-electron chi connectivity index (χ3n) is 6.37. The number of sulfone groups is 1. The number of rotatable bonds is 4. The molecule has 0 saturated carbocycles. The molecule has 2 saturated heterocycles. The lowest BCUT2D eigenvalue weighted by Gasteiger charge is -2.36. The highest BCUT2D eigenvalue weighted by Crippen LogP contribution is 2.36. The van der Waals surface area contributed by atoms with Crippen molar-refractivity contribution in [3.63, 3.8) is 0 Å². The van der Waals surface area contributed by atoms with Crippen LogP contribution >= 0.6 is 11.3 Å². The minimum Gasteiger partial charge on any atom is -0.343 e. The van der Waals surface area contributed by atoms with Crippen molar-refractivity contribution < 1.29 is 18.0 Å². The van der Waals surface area contributed by atoms with Gasteiger partial charge in [0, 0.05) is 48.8 Å². The first-order valence-electron chi connectivity index (χ1n) is 12.0. The van der Waals surface area contributed by atoms with Crippen LogP contribution in [0.15, 0.2) is 41.8 Å². The predicted molar refractivity (Wildman–Crippen MR) is 138 cm³/mol. The number of benzene rings is 1. The second kappa shape index (κ2) is 12.0. The number of likely N-dealkylation sites (tertiary alicyclic amines) is 2. The molecule has 6 nitrogen and oxygen atoms in total. The summed E-state index contributed by atoms with van der Waals surface area (Å²) in [5, 5.41) is 2.04. The predicted octanol–water partition coefficient (Wildman–Crippen LogP) is 4.89. The summed E-state index contributed by atoms with van der Waals surface area (Å²) in [6.07, 6.45) is 8.19. The summed E-state index contributed by atoms with van der Waals surface area (Å²) < 4.78 is 19.3. The van der Waals surface area contributed by atoms with Crippen molar-refractivity contribution in [1.82, 2.24) is 9.80 Å². The topological polar surface area (TPSA) is 74.8 Å². The van der Waals surface area contributed by atoms with Crippen molar-refractivity contribution in [1.29, 1.82) is 0 Å². The van der Waals surface area contributed by atoms with Crippen LogP contribution in [0.5, 0.6) is 0 Å². The Hall–Kier alpha value is -2.19. The van der Waals surface area contributed by atoms with E-state index < -0.39 is 9.84 Å². The van der Waals surface area contributed by atoms with Gasteiger partial charge in [0.1, 0.15) is 9.84 Å². The van der Waals surface area contributed by atoms with Crippen LogP contribution < -0.4 is 0 Å². The molecule has 0 bridgehead atoms. The van der Waals surface area contributed by atoms with Gasteiger partial charge in [-0.2, -0.15) is 0 Å². The smallest absolute Gasteiger partial charge is 0.255 e. The van der Waals surface area contributed by atoms with E-state index >= 15 is 0 Å². The van der Waals surface area contributed by atoms with Crippen molar-refractivity contribution in [2.75, 3.05) is 32.1 Å². The quantitative estimate of drug-likeness (QED) is 0.594. The van der Waals surface area contributed by atoms with E-state index in [1.54, 1.807) is 11.3 Å². The van der Waals surface area contributed by atoms with E-state index in [1.807, 2.05) is 23.3 Å². The van der Waals surface area contributed by atoms with Crippen LogP contribution in [0.4, 0.5) is 0 Å². The van der Waals surface area contributed by atoms with Crippen molar-refractivity contribution >= 4 is 33.0 Å². The first-order chi connectivity index (χ1) is 16.2. The summed E-state index contributed by atoms with van der Waals surface area (Å²) >= 11 is 1.71. The molecule has 0 spiro atoms. The lowest BCUT2D eigenvalue weighted by Crippen LogP contribution is -2.38. The minimum atomic E-state index is -2.67. The Morgan fingerprint density at radius 3 is 2.26 bits per heavy atom. The van der Waals surface area contributed by atoms with Crippen LogP contribution in [-0.2, 0) is 14.6 Å². The van der Waals surface area contributed by atoms with Gasteiger partial charge in [-0.25, -0.2) is 8.42 Å². The molecule has 2 aliphatic heterocycles. The van der Waals surface area contributed by atoms with Gasteiger partial charge >= 0.3 is 0 Å². The fraction of sp³-hybridized carbons (Fsp3) is 0.538. The van der Waals surface area contributed by atoms with Crippen LogP contribution in [0.1, 0.15) is 78.2 Å². The van der Waals surface area contributed by atoms with Gasteiger partial charge in [0.05, 0.1) is 11.6 Å². The van der Waals surface area contributed by atoms with E-state index in [0.29, 0.717) is 12.3 Å². The first kappa shape index (κ1) is 26.4. The highest BCUT2D eigenvalue weighted by Gasteiger charge is 2.30. The number of carbonyl (C=O) groups excluding carboxylic acids is 2. The van der Waals surface area contributed by atoms with Crippen molar-refractivity contribution in [3.05, 3.63) is 57.8 Å². The number of carbonyl (C=O) groups is 2. The molecular weight excluding hydrogens is 468 g/mol. The lowest BCUT2D eigenvalue weighted by atomic mass is 9.93. The number of thiophene rings is 1. The van der Waals surface area contributed by atoms with Crippen molar-refractivity contribution in [3.8, 4) is 0 Å². The first-order valence-corrected chi connectivity index (χ1v) is 15.2. The van der Waals surface area contributed by atoms with E-state index in [2.05, 4.69) is 35.2 Å². The molecule has 1 aromatic carbocycles. The fourth-order valence-electron chi connectivity index (χ4n) is 4.68. The molecule has 2 aliphatic rings. The van der Waals surface area contributed by atoms with Crippen LogP contribution in [0.2, 0.25) is 0 Å². The average molecular weight is 505 g/mol. The Morgan fingerprint density at radius 2 is 1.65 bits per heavy atom. The highest BCUT2D eigenvalue weighted by molar-refractivity contribution is 7.89. The Morgan fingerprint density at radius 1 is 1.00 bits per heavy atom. The van der Waals surface area contributed by atoms with Crippen LogP contribution in [-0.4, -0.2) is 62.2 Å².